The van der Waals surface area contributed by atoms with Crippen LogP contribution in [0.1, 0.15) is 46.5 Å². The first kappa shape index (κ1) is 23.8. The van der Waals surface area contributed by atoms with Gasteiger partial charge in [-0.2, -0.15) is 13.2 Å². The van der Waals surface area contributed by atoms with Crippen LogP contribution in [0.5, 0.6) is 0 Å². The lowest BCUT2D eigenvalue weighted by molar-refractivity contribution is -0.137. The second-order valence-electron chi connectivity index (χ2n) is 9.03. The summed E-state index contributed by atoms with van der Waals surface area (Å²) < 4.78 is 39.2. The number of carbonyl (C=O) groups is 3. The van der Waals surface area contributed by atoms with Crippen molar-refractivity contribution >= 4 is 23.4 Å². The summed E-state index contributed by atoms with van der Waals surface area (Å²) in [5, 5.41) is 0. The van der Waals surface area contributed by atoms with Gasteiger partial charge in [-0.15, -0.1) is 0 Å². The zero-order valence-electron chi connectivity index (χ0n) is 19.0. The number of fused-ring (bicyclic) bond motifs is 1. The summed E-state index contributed by atoms with van der Waals surface area (Å²) in [6.45, 7) is 5.11. The molecule has 1 atom stereocenters. The second kappa shape index (κ2) is 9.12. The maximum atomic E-state index is 13.5. The molecule has 1 saturated heterocycles. The van der Waals surface area contributed by atoms with Gasteiger partial charge >= 0.3 is 6.18 Å². The molecular weight excluding hydrogens is 447 g/mol. The Labute approximate surface area is 195 Å². The fraction of sp³-hybridized carbons (Fsp3) is 0.400. The molecule has 0 saturated carbocycles. The Kier molecular flexibility index (Phi) is 6.38. The molecular formula is C25H26F3N3O3. The first-order valence-corrected chi connectivity index (χ1v) is 11.3. The molecule has 2 heterocycles. The molecule has 0 bridgehead atoms. The molecule has 0 aromatic heterocycles. The number of anilines is 1. The Morgan fingerprint density at radius 1 is 0.912 bits per heavy atom. The zero-order valence-corrected chi connectivity index (χ0v) is 19.0. The quantitative estimate of drug-likeness (QED) is 0.615. The van der Waals surface area contributed by atoms with Gasteiger partial charge in [-0.3, -0.25) is 19.3 Å². The van der Waals surface area contributed by atoms with Crippen molar-refractivity contribution in [2.75, 3.05) is 31.1 Å². The van der Waals surface area contributed by atoms with Crippen molar-refractivity contribution in [3.05, 3.63) is 65.2 Å². The number of nitrogens with zero attached hydrogens (tertiary/aromatic N) is 3. The van der Waals surface area contributed by atoms with Gasteiger partial charge in [0, 0.05) is 31.9 Å². The highest BCUT2D eigenvalue weighted by Gasteiger charge is 2.44. The maximum Gasteiger partial charge on any atom is 0.416 e. The minimum atomic E-state index is -4.43. The highest BCUT2D eigenvalue weighted by Crippen LogP contribution is 2.32. The second-order valence-corrected chi connectivity index (χ2v) is 9.03. The monoisotopic (exact) mass is 473 g/mol. The fourth-order valence-electron chi connectivity index (χ4n) is 4.53. The highest BCUT2D eigenvalue weighted by atomic mass is 19.4. The topological polar surface area (TPSA) is 60.9 Å². The number of benzene rings is 2. The van der Waals surface area contributed by atoms with Crippen molar-refractivity contribution in [1.82, 2.24) is 9.80 Å². The number of carbonyl (C=O) groups excluding carboxylic acids is 3. The van der Waals surface area contributed by atoms with Crippen molar-refractivity contribution < 1.29 is 27.6 Å². The molecule has 2 aromatic rings. The SMILES string of the molecule is CC(C)C[C@H](C(=O)N1CCN(c2cccc(C(F)(F)F)c2)CC1)N1C(=O)c2ccccc2C1=O. The number of rotatable bonds is 5. The van der Waals surface area contributed by atoms with Crippen LogP contribution in [0.2, 0.25) is 0 Å². The highest BCUT2D eigenvalue weighted by molar-refractivity contribution is 6.22. The first-order valence-electron chi connectivity index (χ1n) is 11.3. The van der Waals surface area contributed by atoms with Crippen molar-refractivity contribution in [2.24, 2.45) is 5.92 Å². The van der Waals surface area contributed by atoms with E-state index in [1.807, 2.05) is 13.8 Å². The van der Waals surface area contributed by atoms with Gasteiger partial charge < -0.3 is 9.80 Å². The summed E-state index contributed by atoms with van der Waals surface area (Å²) >= 11 is 0. The number of halogens is 3. The van der Waals surface area contributed by atoms with E-state index in [9.17, 15) is 27.6 Å². The number of piperazine rings is 1. The fourth-order valence-corrected chi connectivity index (χ4v) is 4.53. The van der Waals surface area contributed by atoms with Gasteiger partial charge in [-0.05, 0) is 42.7 Å². The van der Waals surface area contributed by atoms with Crippen LogP contribution in [0.4, 0.5) is 18.9 Å². The lowest BCUT2D eigenvalue weighted by Crippen LogP contribution is -2.56. The predicted octanol–water partition coefficient (Wildman–Crippen LogP) is 4.06. The number of hydrogen-bond donors (Lipinski definition) is 0. The molecule has 0 unspecified atom stereocenters. The summed E-state index contributed by atoms with van der Waals surface area (Å²) in [6, 6.07) is 10.7. The van der Waals surface area contributed by atoms with Gasteiger partial charge in [0.2, 0.25) is 5.91 Å². The maximum absolute atomic E-state index is 13.5. The lowest BCUT2D eigenvalue weighted by atomic mass is 10.0. The van der Waals surface area contributed by atoms with Crippen LogP contribution in [0.3, 0.4) is 0 Å². The molecule has 0 radical (unpaired) electrons. The van der Waals surface area contributed by atoms with Crippen LogP contribution in [-0.4, -0.2) is 59.7 Å². The van der Waals surface area contributed by atoms with E-state index in [2.05, 4.69) is 0 Å². The average molecular weight is 473 g/mol. The van der Waals surface area contributed by atoms with E-state index in [1.165, 1.54) is 6.07 Å². The molecule has 2 aliphatic rings. The minimum Gasteiger partial charge on any atom is -0.368 e. The summed E-state index contributed by atoms with van der Waals surface area (Å²) in [5.41, 5.74) is 0.318. The van der Waals surface area contributed by atoms with Crippen molar-refractivity contribution in [3.8, 4) is 0 Å². The van der Waals surface area contributed by atoms with E-state index >= 15 is 0 Å². The number of amides is 3. The Bertz CT molecular complexity index is 1070. The van der Waals surface area contributed by atoms with Crippen LogP contribution in [0, 0.1) is 5.92 Å². The molecule has 6 nitrogen and oxygen atoms in total. The van der Waals surface area contributed by atoms with Crippen molar-refractivity contribution in [1.29, 1.82) is 0 Å². The molecule has 180 valence electrons. The van der Waals surface area contributed by atoms with Crippen LogP contribution in [0.15, 0.2) is 48.5 Å². The molecule has 0 spiro atoms. The third-order valence-electron chi connectivity index (χ3n) is 6.25. The lowest BCUT2D eigenvalue weighted by Gasteiger charge is -2.39. The van der Waals surface area contributed by atoms with Gasteiger partial charge in [0.25, 0.3) is 11.8 Å². The van der Waals surface area contributed by atoms with Crippen LogP contribution >= 0.6 is 0 Å². The molecule has 34 heavy (non-hydrogen) atoms. The van der Waals surface area contributed by atoms with E-state index in [1.54, 1.807) is 40.1 Å². The van der Waals surface area contributed by atoms with E-state index in [0.29, 0.717) is 36.3 Å². The minimum absolute atomic E-state index is 0.0599. The van der Waals surface area contributed by atoms with E-state index in [4.69, 9.17) is 0 Å². The molecule has 9 heteroatoms. The van der Waals surface area contributed by atoms with Gasteiger partial charge in [-0.1, -0.05) is 32.0 Å². The Morgan fingerprint density at radius 3 is 2.03 bits per heavy atom. The molecule has 2 aromatic carbocycles. The number of imide groups is 1. The molecule has 1 fully saturated rings. The van der Waals surface area contributed by atoms with Crippen molar-refractivity contribution in [3.63, 3.8) is 0 Å². The van der Waals surface area contributed by atoms with Gasteiger partial charge in [0.1, 0.15) is 6.04 Å². The number of alkyl halides is 3. The first-order chi connectivity index (χ1) is 16.1. The predicted molar refractivity (Wildman–Crippen MR) is 120 cm³/mol. The largest absolute Gasteiger partial charge is 0.416 e. The third-order valence-corrected chi connectivity index (χ3v) is 6.25. The van der Waals surface area contributed by atoms with E-state index in [0.717, 1.165) is 17.0 Å². The Morgan fingerprint density at radius 2 is 1.50 bits per heavy atom. The smallest absolute Gasteiger partial charge is 0.368 e. The normalized spacial score (nSPS) is 17.4. The van der Waals surface area contributed by atoms with Crippen LogP contribution < -0.4 is 4.90 Å². The zero-order chi connectivity index (χ0) is 24.6. The van der Waals surface area contributed by atoms with Gasteiger partial charge in [0.15, 0.2) is 0 Å². The van der Waals surface area contributed by atoms with Crippen LogP contribution in [-0.2, 0) is 11.0 Å². The molecule has 3 amide bonds. The number of hydrogen-bond acceptors (Lipinski definition) is 4. The summed E-state index contributed by atoms with van der Waals surface area (Å²) in [7, 11) is 0. The van der Waals surface area contributed by atoms with Gasteiger partial charge in [-0.25, -0.2) is 0 Å². The van der Waals surface area contributed by atoms with Crippen LogP contribution in [0.25, 0.3) is 0 Å². The Balaban J connectivity index is 1.49. The molecule has 4 rings (SSSR count). The summed E-state index contributed by atoms with van der Waals surface area (Å²) in [6.07, 6.45) is -4.09. The average Bonchev–Trinajstić information content (AvgIpc) is 3.07. The Hall–Kier alpha value is -3.36. The van der Waals surface area contributed by atoms with E-state index in [-0.39, 0.29) is 24.9 Å². The molecule has 0 N–H and O–H groups in total. The van der Waals surface area contributed by atoms with Gasteiger partial charge in [0.05, 0.1) is 16.7 Å². The summed E-state index contributed by atoms with van der Waals surface area (Å²) in [4.78, 5) is 44.0. The van der Waals surface area contributed by atoms with E-state index < -0.39 is 29.6 Å². The standard InChI is InChI=1S/C25H26F3N3O3/c1-16(2)14-21(31-22(32)19-8-3-4-9-20(19)23(31)33)24(34)30-12-10-29(11-13-30)18-7-5-6-17(15-18)25(26,27)28/h3-9,15-16,21H,10-14H2,1-2H3/t21-/m1/s1. The van der Waals surface area contributed by atoms with Crippen molar-refractivity contribution in [2.45, 2.75) is 32.5 Å². The molecule has 0 aliphatic carbocycles. The summed E-state index contributed by atoms with van der Waals surface area (Å²) in [5.74, 6) is -1.19. The third kappa shape index (κ3) is 4.51. The molecule has 2 aliphatic heterocycles.